The highest BCUT2D eigenvalue weighted by Gasteiger charge is 2.22. The summed E-state index contributed by atoms with van der Waals surface area (Å²) in [5.41, 5.74) is 1.93. The first-order valence-corrected chi connectivity index (χ1v) is 7.35. The van der Waals surface area contributed by atoms with E-state index in [1.54, 1.807) is 0 Å². The number of hydrogen-bond acceptors (Lipinski definition) is 5. The van der Waals surface area contributed by atoms with Crippen LogP contribution in [0.25, 0.3) is 0 Å². The fraction of sp³-hybridized carbons (Fsp3) is 0.375. The standard InChI is InChI=1S/C16H20N4O/c1-3-21-14-8-6-12(7-9-14)18-15-10-11(2)17-16(20-15)19-13-4-5-13/h6-10,13H,3-5H2,1-2H3,(H2,17,18,19,20). The van der Waals surface area contributed by atoms with Crippen LogP contribution in [0.5, 0.6) is 5.75 Å². The molecule has 1 aliphatic carbocycles. The highest BCUT2D eigenvalue weighted by Crippen LogP contribution is 2.24. The van der Waals surface area contributed by atoms with Crippen LogP contribution in [0.15, 0.2) is 30.3 Å². The number of nitrogens with one attached hydrogen (secondary N) is 2. The van der Waals surface area contributed by atoms with Crippen molar-refractivity contribution in [2.45, 2.75) is 32.7 Å². The van der Waals surface area contributed by atoms with Gasteiger partial charge in [-0.15, -0.1) is 0 Å². The number of rotatable bonds is 6. The lowest BCUT2D eigenvalue weighted by atomic mass is 10.3. The first-order valence-electron chi connectivity index (χ1n) is 7.35. The molecular weight excluding hydrogens is 264 g/mol. The van der Waals surface area contributed by atoms with Gasteiger partial charge in [0.15, 0.2) is 0 Å². The van der Waals surface area contributed by atoms with Crippen LogP contribution >= 0.6 is 0 Å². The van der Waals surface area contributed by atoms with Crippen molar-refractivity contribution in [2.75, 3.05) is 17.2 Å². The summed E-state index contributed by atoms with van der Waals surface area (Å²) >= 11 is 0. The van der Waals surface area contributed by atoms with E-state index in [1.165, 1.54) is 12.8 Å². The van der Waals surface area contributed by atoms with Gasteiger partial charge in [-0.25, -0.2) is 4.98 Å². The van der Waals surface area contributed by atoms with Gasteiger partial charge < -0.3 is 15.4 Å². The molecular formula is C16H20N4O. The lowest BCUT2D eigenvalue weighted by Gasteiger charge is -2.10. The van der Waals surface area contributed by atoms with Crippen molar-refractivity contribution >= 4 is 17.5 Å². The van der Waals surface area contributed by atoms with Crippen LogP contribution in [0.3, 0.4) is 0 Å². The number of hydrogen-bond donors (Lipinski definition) is 2. The van der Waals surface area contributed by atoms with Crippen LogP contribution in [0.1, 0.15) is 25.5 Å². The zero-order valence-electron chi connectivity index (χ0n) is 12.4. The summed E-state index contributed by atoms with van der Waals surface area (Å²) in [4.78, 5) is 8.92. The summed E-state index contributed by atoms with van der Waals surface area (Å²) in [5.74, 6) is 2.37. The second-order valence-corrected chi connectivity index (χ2v) is 5.22. The molecule has 0 amide bonds. The molecule has 0 aliphatic heterocycles. The Kier molecular flexibility index (Phi) is 3.90. The van der Waals surface area contributed by atoms with Crippen molar-refractivity contribution in [2.24, 2.45) is 0 Å². The molecule has 1 aromatic carbocycles. The molecule has 2 N–H and O–H groups in total. The van der Waals surface area contributed by atoms with Gasteiger partial charge in [0.1, 0.15) is 11.6 Å². The van der Waals surface area contributed by atoms with Crippen molar-refractivity contribution in [1.82, 2.24) is 9.97 Å². The van der Waals surface area contributed by atoms with Gasteiger partial charge in [0.25, 0.3) is 0 Å². The lowest BCUT2D eigenvalue weighted by molar-refractivity contribution is 0.340. The predicted octanol–water partition coefficient (Wildman–Crippen LogP) is 3.50. The molecule has 1 saturated carbocycles. The molecule has 5 heteroatoms. The molecule has 5 nitrogen and oxygen atoms in total. The summed E-state index contributed by atoms with van der Waals surface area (Å²) in [7, 11) is 0. The van der Waals surface area contributed by atoms with E-state index in [1.807, 2.05) is 44.2 Å². The monoisotopic (exact) mass is 284 g/mol. The van der Waals surface area contributed by atoms with E-state index < -0.39 is 0 Å². The van der Waals surface area contributed by atoms with Gasteiger partial charge in [-0.2, -0.15) is 4.98 Å². The van der Waals surface area contributed by atoms with Gasteiger partial charge >= 0.3 is 0 Å². The van der Waals surface area contributed by atoms with E-state index in [0.29, 0.717) is 18.6 Å². The van der Waals surface area contributed by atoms with Gasteiger partial charge in [0.05, 0.1) is 6.61 Å². The van der Waals surface area contributed by atoms with E-state index in [4.69, 9.17) is 4.74 Å². The van der Waals surface area contributed by atoms with Gasteiger partial charge in [-0.05, 0) is 51.0 Å². The average molecular weight is 284 g/mol. The topological polar surface area (TPSA) is 59.1 Å². The van der Waals surface area contributed by atoms with Gasteiger partial charge in [0, 0.05) is 23.5 Å². The second kappa shape index (κ2) is 5.99. The molecule has 0 atom stereocenters. The fourth-order valence-electron chi connectivity index (χ4n) is 2.06. The van der Waals surface area contributed by atoms with Crippen molar-refractivity contribution in [3.05, 3.63) is 36.0 Å². The molecule has 2 aromatic rings. The minimum atomic E-state index is 0.546. The normalized spacial score (nSPS) is 13.8. The van der Waals surface area contributed by atoms with Crippen molar-refractivity contribution in [3.63, 3.8) is 0 Å². The van der Waals surface area contributed by atoms with Gasteiger partial charge in [0.2, 0.25) is 5.95 Å². The summed E-state index contributed by atoms with van der Waals surface area (Å²) in [6.07, 6.45) is 2.41. The van der Waals surface area contributed by atoms with Crippen LogP contribution in [-0.2, 0) is 0 Å². The van der Waals surface area contributed by atoms with Crippen molar-refractivity contribution in [1.29, 1.82) is 0 Å². The fourth-order valence-corrected chi connectivity index (χ4v) is 2.06. The van der Waals surface area contributed by atoms with E-state index in [9.17, 15) is 0 Å². The number of aryl methyl sites for hydroxylation is 1. The first kappa shape index (κ1) is 13.7. The maximum atomic E-state index is 5.44. The molecule has 1 heterocycles. The Morgan fingerprint density at radius 1 is 1.19 bits per heavy atom. The van der Waals surface area contributed by atoms with Crippen LogP contribution in [0.2, 0.25) is 0 Å². The van der Waals surface area contributed by atoms with Crippen molar-refractivity contribution in [3.8, 4) is 5.75 Å². The van der Waals surface area contributed by atoms with E-state index in [-0.39, 0.29) is 0 Å². The summed E-state index contributed by atoms with van der Waals surface area (Å²) in [5, 5.41) is 6.63. The molecule has 1 aromatic heterocycles. The number of benzene rings is 1. The second-order valence-electron chi connectivity index (χ2n) is 5.22. The summed E-state index contributed by atoms with van der Waals surface area (Å²) in [6.45, 7) is 4.63. The predicted molar refractivity (Wildman–Crippen MR) is 84.3 cm³/mol. The largest absolute Gasteiger partial charge is 0.494 e. The molecule has 21 heavy (non-hydrogen) atoms. The SMILES string of the molecule is CCOc1ccc(Nc2cc(C)nc(NC3CC3)n2)cc1. The molecule has 1 aliphatic rings. The Balaban J connectivity index is 1.72. The molecule has 1 fully saturated rings. The molecule has 3 rings (SSSR count). The maximum absolute atomic E-state index is 5.44. The Morgan fingerprint density at radius 2 is 1.95 bits per heavy atom. The third kappa shape index (κ3) is 3.84. The molecule has 0 spiro atoms. The molecule has 0 bridgehead atoms. The van der Waals surface area contributed by atoms with E-state index >= 15 is 0 Å². The Hall–Kier alpha value is -2.30. The number of anilines is 3. The van der Waals surface area contributed by atoms with Crippen LogP contribution in [0.4, 0.5) is 17.5 Å². The Bertz CT molecular complexity index is 608. The van der Waals surface area contributed by atoms with Crippen LogP contribution in [0, 0.1) is 6.92 Å². The van der Waals surface area contributed by atoms with Gasteiger partial charge in [-0.3, -0.25) is 0 Å². The zero-order valence-corrected chi connectivity index (χ0v) is 12.4. The Morgan fingerprint density at radius 3 is 2.62 bits per heavy atom. The van der Waals surface area contributed by atoms with E-state index in [0.717, 1.165) is 22.9 Å². The molecule has 0 radical (unpaired) electrons. The third-order valence-corrected chi connectivity index (χ3v) is 3.20. The number of aromatic nitrogens is 2. The maximum Gasteiger partial charge on any atom is 0.225 e. The van der Waals surface area contributed by atoms with E-state index in [2.05, 4.69) is 20.6 Å². The minimum Gasteiger partial charge on any atom is -0.494 e. The average Bonchev–Trinajstić information content (AvgIpc) is 3.24. The first-order chi connectivity index (χ1) is 10.2. The molecule has 0 unspecified atom stereocenters. The van der Waals surface area contributed by atoms with Crippen LogP contribution in [-0.4, -0.2) is 22.6 Å². The van der Waals surface area contributed by atoms with Crippen molar-refractivity contribution < 1.29 is 4.74 Å². The third-order valence-electron chi connectivity index (χ3n) is 3.20. The highest BCUT2D eigenvalue weighted by molar-refractivity contribution is 5.58. The number of nitrogens with zero attached hydrogens (tertiary/aromatic N) is 2. The quantitative estimate of drug-likeness (QED) is 0.850. The zero-order chi connectivity index (χ0) is 14.7. The molecule has 110 valence electrons. The highest BCUT2D eigenvalue weighted by atomic mass is 16.5. The minimum absolute atomic E-state index is 0.546. The van der Waals surface area contributed by atoms with Gasteiger partial charge in [-0.1, -0.05) is 0 Å². The van der Waals surface area contributed by atoms with Crippen LogP contribution < -0.4 is 15.4 Å². The summed E-state index contributed by atoms with van der Waals surface area (Å²) < 4.78 is 5.44. The molecule has 0 saturated heterocycles. The lowest BCUT2D eigenvalue weighted by Crippen LogP contribution is -2.07. The Labute approximate surface area is 124 Å². The summed E-state index contributed by atoms with van der Waals surface area (Å²) in [6, 6.07) is 10.3. The number of ether oxygens (including phenoxy) is 1. The smallest absolute Gasteiger partial charge is 0.225 e.